The Morgan fingerprint density at radius 1 is 1.31 bits per heavy atom. The number of fused-ring (bicyclic) bond motifs is 1. The second-order valence-corrected chi connectivity index (χ2v) is 8.51. The molecule has 2 aliphatic rings. The van der Waals surface area contributed by atoms with Gasteiger partial charge in [-0.2, -0.15) is 0 Å². The minimum atomic E-state index is -1.37. The number of nitrogens with one attached hydrogen (secondary N) is 2. The molecular weight excluding hydrogens is 371 g/mol. The lowest BCUT2D eigenvalue weighted by Gasteiger charge is -2.41. The van der Waals surface area contributed by atoms with Crippen molar-refractivity contribution in [2.24, 2.45) is 5.92 Å². The highest BCUT2D eigenvalue weighted by atomic mass is 19.1. The van der Waals surface area contributed by atoms with Gasteiger partial charge in [-0.05, 0) is 51.3 Å². The Morgan fingerprint density at radius 2 is 2.00 bits per heavy atom. The van der Waals surface area contributed by atoms with Crippen LogP contribution in [0.4, 0.5) is 15.8 Å². The van der Waals surface area contributed by atoms with Crippen LogP contribution in [-0.2, 0) is 9.59 Å². The van der Waals surface area contributed by atoms with Gasteiger partial charge >= 0.3 is 0 Å². The number of benzene rings is 1. The molecule has 156 valence electrons. The van der Waals surface area contributed by atoms with E-state index < -0.39 is 5.67 Å². The van der Waals surface area contributed by atoms with Gasteiger partial charge in [0.25, 0.3) is 0 Å². The minimum Gasteiger partial charge on any atom is -0.387 e. The van der Waals surface area contributed by atoms with Crippen LogP contribution in [0.3, 0.4) is 0 Å². The van der Waals surface area contributed by atoms with Crippen molar-refractivity contribution >= 4 is 35.0 Å². The number of rotatable bonds is 6. The fraction of sp³-hybridized carbons (Fsp3) is 0.500. The Hall–Kier alpha value is -2.70. The smallest absolute Gasteiger partial charge is 0.230 e. The number of nitrogens with zero attached hydrogens (tertiary/aromatic N) is 2. The second kappa shape index (κ2) is 7.97. The van der Waals surface area contributed by atoms with Crippen molar-refractivity contribution in [2.45, 2.75) is 52.2 Å². The fourth-order valence-corrected chi connectivity index (χ4v) is 3.66. The largest absolute Gasteiger partial charge is 0.387 e. The zero-order valence-electron chi connectivity index (χ0n) is 17.5. The van der Waals surface area contributed by atoms with E-state index in [-0.39, 0.29) is 30.3 Å². The Bertz CT molecular complexity index is 855. The van der Waals surface area contributed by atoms with E-state index in [9.17, 15) is 14.0 Å². The van der Waals surface area contributed by atoms with Crippen LogP contribution in [-0.4, -0.2) is 42.8 Å². The molecule has 6 nitrogen and oxygen atoms in total. The lowest BCUT2D eigenvalue weighted by Crippen LogP contribution is -2.51. The first-order valence-electron chi connectivity index (χ1n) is 10.0. The van der Waals surface area contributed by atoms with E-state index >= 15 is 0 Å². The van der Waals surface area contributed by atoms with Crippen molar-refractivity contribution in [3.8, 4) is 0 Å². The summed E-state index contributed by atoms with van der Waals surface area (Å²) in [4.78, 5) is 28.6. The van der Waals surface area contributed by atoms with Crippen LogP contribution in [0.25, 0.3) is 5.57 Å². The number of amides is 2. The highest BCUT2D eigenvalue weighted by molar-refractivity contribution is 6.10. The number of hydrogen-bond donors (Lipinski definition) is 2. The molecule has 0 radical (unpaired) electrons. The van der Waals surface area contributed by atoms with Crippen molar-refractivity contribution in [1.82, 2.24) is 5.32 Å². The van der Waals surface area contributed by atoms with Gasteiger partial charge in [0.05, 0.1) is 17.4 Å². The van der Waals surface area contributed by atoms with Crippen molar-refractivity contribution in [3.05, 3.63) is 30.0 Å². The first-order valence-corrected chi connectivity index (χ1v) is 10.0. The predicted octanol–water partition coefficient (Wildman–Crippen LogP) is 3.51. The molecule has 2 N–H and O–H groups in total. The van der Waals surface area contributed by atoms with Crippen LogP contribution in [0.5, 0.6) is 0 Å². The van der Waals surface area contributed by atoms with Crippen LogP contribution in [0.2, 0.25) is 0 Å². The van der Waals surface area contributed by atoms with Crippen LogP contribution in [0.15, 0.2) is 24.4 Å². The second-order valence-electron chi connectivity index (χ2n) is 8.51. The summed E-state index contributed by atoms with van der Waals surface area (Å²) in [7, 11) is 0. The number of hydrogen-bond acceptors (Lipinski definition) is 4. The molecule has 0 spiro atoms. The number of alkyl halides is 1. The number of carbonyl (C=O) groups excluding carboxylic acids is 2. The van der Waals surface area contributed by atoms with Crippen molar-refractivity contribution in [1.29, 1.82) is 5.41 Å². The van der Waals surface area contributed by atoms with E-state index in [2.05, 4.69) is 5.32 Å². The number of halogens is 1. The first-order chi connectivity index (χ1) is 13.6. The first kappa shape index (κ1) is 21.0. The molecule has 1 aliphatic carbocycles. The summed E-state index contributed by atoms with van der Waals surface area (Å²) in [6, 6.07) is 5.38. The normalized spacial score (nSPS) is 19.6. The summed E-state index contributed by atoms with van der Waals surface area (Å²) < 4.78 is 13.7. The molecule has 0 bridgehead atoms. The van der Waals surface area contributed by atoms with E-state index in [0.29, 0.717) is 23.5 Å². The quantitative estimate of drug-likeness (QED) is 0.718. The maximum Gasteiger partial charge on any atom is 0.230 e. The van der Waals surface area contributed by atoms with Crippen molar-refractivity contribution < 1.29 is 14.0 Å². The lowest BCUT2D eigenvalue weighted by atomic mass is 10.0. The summed E-state index contributed by atoms with van der Waals surface area (Å²) in [5.74, 6) is 0.0876. The third kappa shape index (κ3) is 4.66. The maximum atomic E-state index is 13.7. The van der Waals surface area contributed by atoms with E-state index in [1.807, 2.05) is 25.1 Å². The molecule has 1 unspecified atom stereocenters. The SMILES string of the molecule is CC(=O)N1c2ccc(/C(C=N)=C/NCC(C)(C)F)cc2N(C(=O)C2CC2)CC1C. The molecule has 2 amide bonds. The van der Waals surface area contributed by atoms with Gasteiger partial charge in [-0.25, -0.2) is 4.39 Å². The lowest BCUT2D eigenvalue weighted by molar-refractivity contribution is -0.120. The van der Waals surface area contributed by atoms with Crippen LogP contribution in [0.1, 0.15) is 46.1 Å². The molecule has 0 saturated heterocycles. The Balaban J connectivity index is 1.99. The van der Waals surface area contributed by atoms with Gasteiger partial charge in [0, 0.05) is 43.9 Å². The van der Waals surface area contributed by atoms with E-state index in [1.54, 1.807) is 16.0 Å². The van der Waals surface area contributed by atoms with Crippen molar-refractivity contribution in [2.75, 3.05) is 22.9 Å². The average Bonchev–Trinajstić information content (AvgIpc) is 3.47. The zero-order chi connectivity index (χ0) is 21.3. The molecular formula is C22H29FN4O2. The monoisotopic (exact) mass is 400 g/mol. The molecule has 7 heteroatoms. The zero-order valence-corrected chi connectivity index (χ0v) is 17.5. The topological polar surface area (TPSA) is 76.5 Å². The average molecular weight is 400 g/mol. The molecule has 1 fully saturated rings. The predicted molar refractivity (Wildman–Crippen MR) is 114 cm³/mol. The molecule has 0 aromatic heterocycles. The fourth-order valence-electron chi connectivity index (χ4n) is 3.66. The van der Waals surface area contributed by atoms with Gasteiger partial charge in [0.2, 0.25) is 11.8 Å². The highest BCUT2D eigenvalue weighted by Crippen LogP contribution is 2.41. The van der Waals surface area contributed by atoms with Gasteiger partial charge < -0.3 is 20.5 Å². The third-order valence-corrected chi connectivity index (χ3v) is 5.21. The molecule has 1 aromatic rings. The summed E-state index contributed by atoms with van der Waals surface area (Å²) in [6.45, 7) is 7.00. The Kier molecular flexibility index (Phi) is 5.78. The highest BCUT2D eigenvalue weighted by Gasteiger charge is 2.39. The summed E-state index contributed by atoms with van der Waals surface area (Å²) in [5.41, 5.74) is 1.33. The summed E-state index contributed by atoms with van der Waals surface area (Å²) >= 11 is 0. The molecule has 1 saturated carbocycles. The number of anilines is 2. The molecule has 1 heterocycles. The van der Waals surface area contributed by atoms with Gasteiger partial charge in [-0.15, -0.1) is 0 Å². The maximum absolute atomic E-state index is 13.7. The van der Waals surface area contributed by atoms with Gasteiger partial charge in [-0.3, -0.25) is 9.59 Å². The van der Waals surface area contributed by atoms with Crippen molar-refractivity contribution in [3.63, 3.8) is 0 Å². The molecule has 29 heavy (non-hydrogen) atoms. The summed E-state index contributed by atoms with van der Waals surface area (Å²) in [6.07, 6.45) is 4.62. The third-order valence-electron chi connectivity index (χ3n) is 5.21. The van der Waals surface area contributed by atoms with Crippen LogP contribution >= 0.6 is 0 Å². The molecule has 1 aromatic carbocycles. The van der Waals surface area contributed by atoms with E-state index in [1.165, 1.54) is 27.0 Å². The van der Waals surface area contributed by atoms with Crippen LogP contribution in [0, 0.1) is 11.3 Å². The molecule has 1 atom stereocenters. The minimum absolute atomic E-state index is 0.0637. The Labute approximate surface area is 171 Å². The summed E-state index contributed by atoms with van der Waals surface area (Å²) in [5, 5.41) is 10.7. The van der Waals surface area contributed by atoms with Gasteiger partial charge in [0.15, 0.2) is 0 Å². The molecule has 1 aliphatic heterocycles. The standard InChI is InChI=1S/C22H29FN4O2/c1-14-12-26(21(29)16-5-6-16)20-9-17(7-8-19(20)27(14)15(2)28)18(10-24)11-25-13-22(3,4)23/h7-11,14,16,24-25H,5-6,12-13H2,1-4H3/b18-11+,24-10?. The van der Waals surface area contributed by atoms with Gasteiger partial charge in [-0.1, -0.05) is 6.07 Å². The Morgan fingerprint density at radius 3 is 2.55 bits per heavy atom. The number of allylic oxidation sites excluding steroid dienone is 1. The molecule has 3 rings (SSSR count). The van der Waals surface area contributed by atoms with Gasteiger partial charge in [0.1, 0.15) is 5.67 Å². The van der Waals surface area contributed by atoms with E-state index in [0.717, 1.165) is 18.4 Å². The van der Waals surface area contributed by atoms with E-state index in [4.69, 9.17) is 5.41 Å². The number of carbonyl (C=O) groups is 2. The van der Waals surface area contributed by atoms with Crippen LogP contribution < -0.4 is 15.1 Å².